The molecule has 1 heterocycles. The zero-order valence-corrected chi connectivity index (χ0v) is 17.9. The number of esters is 2. The third kappa shape index (κ3) is 5.79. The molecule has 0 radical (unpaired) electrons. The van der Waals surface area contributed by atoms with Crippen molar-refractivity contribution in [1.29, 1.82) is 0 Å². The molecule has 7 nitrogen and oxygen atoms in total. The van der Waals surface area contributed by atoms with E-state index in [1.165, 1.54) is 0 Å². The molecule has 0 saturated carbocycles. The van der Waals surface area contributed by atoms with E-state index in [-0.39, 0.29) is 19.8 Å². The number of aromatic nitrogens is 1. The van der Waals surface area contributed by atoms with Crippen LogP contribution in [0.25, 0.3) is 0 Å². The molecule has 0 saturated heterocycles. The van der Waals surface area contributed by atoms with Gasteiger partial charge in [0.15, 0.2) is 5.92 Å². The zero-order valence-electron chi connectivity index (χ0n) is 17.9. The Labute approximate surface area is 177 Å². The van der Waals surface area contributed by atoms with E-state index in [1.807, 2.05) is 36.4 Å². The first-order chi connectivity index (χ1) is 14.6. The summed E-state index contributed by atoms with van der Waals surface area (Å²) in [4.78, 5) is 30.1. The van der Waals surface area contributed by atoms with Crippen LogP contribution in [0.2, 0.25) is 0 Å². The molecule has 0 aliphatic carbocycles. The van der Waals surface area contributed by atoms with Gasteiger partial charge in [-0.25, -0.2) is 0 Å². The van der Waals surface area contributed by atoms with E-state index in [1.54, 1.807) is 40.1 Å². The van der Waals surface area contributed by atoms with Gasteiger partial charge in [0.25, 0.3) is 0 Å². The Morgan fingerprint density at radius 2 is 1.63 bits per heavy atom. The van der Waals surface area contributed by atoms with Gasteiger partial charge in [0.05, 0.1) is 38.0 Å². The minimum absolute atomic E-state index is 0.140. The average molecular weight is 415 g/mol. The van der Waals surface area contributed by atoms with E-state index in [9.17, 15) is 9.59 Å². The Bertz CT molecular complexity index is 792. The molecule has 0 spiro atoms. The van der Waals surface area contributed by atoms with Gasteiger partial charge in [-0.05, 0) is 50.6 Å². The summed E-state index contributed by atoms with van der Waals surface area (Å²) in [7, 11) is 1.58. The summed E-state index contributed by atoms with van der Waals surface area (Å²) in [6.45, 7) is 5.75. The van der Waals surface area contributed by atoms with Gasteiger partial charge in [-0.2, -0.15) is 0 Å². The van der Waals surface area contributed by atoms with Crippen molar-refractivity contribution in [2.75, 3.05) is 26.9 Å². The third-order valence-electron chi connectivity index (χ3n) is 4.56. The highest BCUT2D eigenvalue weighted by atomic mass is 16.6. The normalized spacial score (nSPS) is 12.8. The van der Waals surface area contributed by atoms with Gasteiger partial charge >= 0.3 is 11.9 Å². The third-order valence-corrected chi connectivity index (χ3v) is 4.56. The second kappa shape index (κ2) is 11.9. The van der Waals surface area contributed by atoms with Crippen molar-refractivity contribution >= 4 is 11.9 Å². The summed E-state index contributed by atoms with van der Waals surface area (Å²) in [6.07, 6.45) is 0.782. The van der Waals surface area contributed by atoms with Crippen LogP contribution in [-0.2, 0) is 23.8 Å². The van der Waals surface area contributed by atoms with Crippen molar-refractivity contribution in [1.82, 2.24) is 4.98 Å². The van der Waals surface area contributed by atoms with Crippen LogP contribution in [0.15, 0.2) is 48.7 Å². The monoisotopic (exact) mass is 415 g/mol. The predicted octanol–water partition coefficient (Wildman–Crippen LogP) is 3.37. The van der Waals surface area contributed by atoms with Crippen LogP contribution < -0.4 is 4.74 Å². The van der Waals surface area contributed by atoms with Gasteiger partial charge in [0.2, 0.25) is 0 Å². The minimum Gasteiger partial charge on any atom is -0.497 e. The summed E-state index contributed by atoms with van der Waals surface area (Å²) in [5, 5.41) is 0. The number of hydrogen-bond acceptors (Lipinski definition) is 7. The molecule has 2 rings (SSSR count). The first kappa shape index (κ1) is 23.3. The first-order valence-electron chi connectivity index (χ1n) is 10.1. The smallest absolute Gasteiger partial charge is 0.323 e. The van der Waals surface area contributed by atoms with E-state index >= 15 is 0 Å². The molecule has 0 N–H and O–H groups in total. The van der Waals surface area contributed by atoms with Crippen LogP contribution in [0.1, 0.15) is 37.9 Å². The van der Waals surface area contributed by atoms with E-state index in [4.69, 9.17) is 18.9 Å². The Morgan fingerprint density at radius 3 is 2.17 bits per heavy atom. The predicted molar refractivity (Wildman–Crippen MR) is 111 cm³/mol. The highest BCUT2D eigenvalue weighted by molar-refractivity contribution is 5.96. The Kier molecular flexibility index (Phi) is 9.28. The molecule has 0 aliphatic rings. The van der Waals surface area contributed by atoms with Gasteiger partial charge in [-0.1, -0.05) is 18.2 Å². The average Bonchev–Trinajstić information content (AvgIpc) is 2.75. The van der Waals surface area contributed by atoms with Crippen molar-refractivity contribution in [3.8, 4) is 5.75 Å². The maximum Gasteiger partial charge on any atom is 0.323 e. The summed E-state index contributed by atoms with van der Waals surface area (Å²) in [5.74, 6) is -2.51. The highest BCUT2D eigenvalue weighted by Gasteiger charge is 2.44. The molecular weight excluding hydrogens is 386 g/mol. The van der Waals surface area contributed by atoms with E-state index in [0.29, 0.717) is 11.4 Å². The van der Waals surface area contributed by atoms with E-state index < -0.39 is 29.9 Å². The second-order valence-corrected chi connectivity index (χ2v) is 6.41. The maximum atomic E-state index is 12.8. The van der Waals surface area contributed by atoms with Crippen molar-refractivity contribution in [2.45, 2.75) is 32.8 Å². The van der Waals surface area contributed by atoms with Crippen LogP contribution in [0.5, 0.6) is 5.75 Å². The zero-order chi connectivity index (χ0) is 21.9. The van der Waals surface area contributed by atoms with Crippen LogP contribution in [0.4, 0.5) is 0 Å². The molecule has 0 bridgehead atoms. The fourth-order valence-corrected chi connectivity index (χ4v) is 3.33. The topological polar surface area (TPSA) is 84.0 Å². The molecule has 30 heavy (non-hydrogen) atoms. The largest absolute Gasteiger partial charge is 0.497 e. The number of carbonyl (C=O) groups excluding carboxylic acids is 2. The van der Waals surface area contributed by atoms with Gasteiger partial charge in [-0.3, -0.25) is 14.6 Å². The lowest BCUT2D eigenvalue weighted by Gasteiger charge is -2.31. The molecule has 1 aromatic heterocycles. The van der Waals surface area contributed by atoms with Crippen LogP contribution >= 0.6 is 0 Å². The Balaban J connectivity index is 2.63. The molecule has 2 atom stereocenters. The fourth-order valence-electron chi connectivity index (χ4n) is 3.33. The molecule has 0 fully saturated rings. The SMILES string of the molecule is CCOC(=O)C(C(=O)OCC)C(OCC)C(c1cccc(OC)c1)c1ccccn1. The summed E-state index contributed by atoms with van der Waals surface area (Å²) < 4.78 is 21.8. The quantitative estimate of drug-likeness (QED) is 0.411. The lowest BCUT2D eigenvalue weighted by molar-refractivity contribution is -0.169. The second-order valence-electron chi connectivity index (χ2n) is 6.41. The van der Waals surface area contributed by atoms with Gasteiger partial charge in [0, 0.05) is 12.8 Å². The van der Waals surface area contributed by atoms with Crippen molar-refractivity contribution < 1.29 is 28.5 Å². The number of nitrogens with zero attached hydrogens (tertiary/aromatic N) is 1. The maximum absolute atomic E-state index is 12.8. The number of methoxy groups -OCH3 is 1. The number of benzene rings is 1. The van der Waals surface area contributed by atoms with Crippen molar-refractivity contribution in [2.24, 2.45) is 5.92 Å². The summed E-state index contributed by atoms with van der Waals surface area (Å²) >= 11 is 0. The summed E-state index contributed by atoms with van der Waals surface area (Å²) in [6, 6.07) is 12.9. The van der Waals surface area contributed by atoms with Gasteiger partial charge in [-0.15, -0.1) is 0 Å². The highest BCUT2D eigenvalue weighted by Crippen LogP contribution is 2.35. The Hall–Kier alpha value is -2.93. The molecule has 2 aromatic rings. The molecule has 1 aromatic carbocycles. The van der Waals surface area contributed by atoms with E-state index in [0.717, 1.165) is 5.56 Å². The number of pyridine rings is 1. The first-order valence-corrected chi connectivity index (χ1v) is 10.1. The standard InChI is InChI=1S/C23H29NO6/c1-5-28-21(20(22(25)29-6-2)23(26)30-7-3)19(18-13-8-9-14-24-18)16-11-10-12-17(15-16)27-4/h8-15,19-21H,5-7H2,1-4H3. The fraction of sp³-hybridized carbons (Fsp3) is 0.435. The molecule has 0 amide bonds. The molecular formula is C23H29NO6. The van der Waals surface area contributed by atoms with E-state index in [2.05, 4.69) is 4.98 Å². The molecule has 7 heteroatoms. The summed E-state index contributed by atoms with van der Waals surface area (Å²) in [5.41, 5.74) is 1.45. The van der Waals surface area contributed by atoms with Crippen LogP contribution in [0.3, 0.4) is 0 Å². The van der Waals surface area contributed by atoms with Gasteiger partial charge < -0.3 is 18.9 Å². The molecule has 162 valence electrons. The van der Waals surface area contributed by atoms with Crippen LogP contribution in [0, 0.1) is 5.92 Å². The number of rotatable bonds is 11. The number of carbonyl (C=O) groups is 2. The lowest BCUT2D eigenvalue weighted by atomic mass is 9.82. The van der Waals surface area contributed by atoms with Crippen molar-refractivity contribution in [3.63, 3.8) is 0 Å². The molecule has 2 unspecified atom stereocenters. The molecule has 0 aliphatic heterocycles. The lowest BCUT2D eigenvalue weighted by Crippen LogP contribution is -2.43. The van der Waals surface area contributed by atoms with Crippen LogP contribution in [-0.4, -0.2) is 50.0 Å². The van der Waals surface area contributed by atoms with Crippen molar-refractivity contribution in [3.05, 3.63) is 59.9 Å². The minimum atomic E-state index is -1.26. The number of hydrogen-bond donors (Lipinski definition) is 0. The Morgan fingerprint density at radius 1 is 0.933 bits per heavy atom. The van der Waals surface area contributed by atoms with Gasteiger partial charge in [0.1, 0.15) is 5.75 Å². The number of ether oxygens (including phenoxy) is 4.